The molecular formula is C22H25N5O4. The van der Waals surface area contributed by atoms with Crippen LogP contribution in [0, 0.1) is 0 Å². The summed E-state index contributed by atoms with van der Waals surface area (Å²) in [5.74, 6) is -0.616. The fourth-order valence-electron chi connectivity index (χ4n) is 4.00. The molecule has 0 spiro atoms. The van der Waals surface area contributed by atoms with Crippen molar-refractivity contribution < 1.29 is 19.4 Å². The van der Waals surface area contributed by atoms with Crippen LogP contribution in [0.15, 0.2) is 30.6 Å². The van der Waals surface area contributed by atoms with E-state index in [0.717, 1.165) is 28.6 Å². The Balaban J connectivity index is 1.73. The number of rotatable bonds is 3. The number of amides is 1. The van der Waals surface area contributed by atoms with Gasteiger partial charge in [0.1, 0.15) is 23.4 Å². The fourth-order valence-corrected chi connectivity index (χ4v) is 4.00. The highest BCUT2D eigenvalue weighted by atomic mass is 16.6. The van der Waals surface area contributed by atoms with Crippen molar-refractivity contribution in [2.24, 2.45) is 0 Å². The van der Waals surface area contributed by atoms with Crippen LogP contribution in [-0.4, -0.2) is 43.3 Å². The summed E-state index contributed by atoms with van der Waals surface area (Å²) in [6.45, 7) is 6.00. The van der Waals surface area contributed by atoms with Crippen LogP contribution < -0.4 is 11.1 Å². The van der Waals surface area contributed by atoms with Crippen molar-refractivity contribution in [1.29, 1.82) is 0 Å². The Bertz CT molecular complexity index is 1160. The molecule has 1 amide bonds. The van der Waals surface area contributed by atoms with Crippen molar-refractivity contribution in [3.63, 3.8) is 0 Å². The Morgan fingerprint density at radius 3 is 2.58 bits per heavy atom. The molecule has 162 valence electrons. The molecule has 0 bridgehead atoms. The minimum atomic E-state index is -0.978. The number of carboxylic acids is 1. The van der Waals surface area contributed by atoms with E-state index in [9.17, 15) is 14.7 Å². The Kier molecular flexibility index (Phi) is 5.04. The summed E-state index contributed by atoms with van der Waals surface area (Å²) in [5.41, 5.74) is 9.35. The summed E-state index contributed by atoms with van der Waals surface area (Å²) in [7, 11) is 0. The molecule has 9 heteroatoms. The molecule has 1 atom stereocenters. The molecular weight excluding hydrogens is 398 g/mol. The van der Waals surface area contributed by atoms with E-state index in [4.69, 9.17) is 10.5 Å². The first-order valence-corrected chi connectivity index (χ1v) is 10.1. The van der Waals surface area contributed by atoms with Gasteiger partial charge in [0.05, 0.1) is 17.0 Å². The number of aromatic nitrogens is 3. The molecule has 1 unspecified atom stereocenters. The van der Waals surface area contributed by atoms with Gasteiger partial charge < -0.3 is 25.5 Å². The van der Waals surface area contributed by atoms with Crippen LogP contribution in [-0.2, 0) is 17.7 Å². The van der Waals surface area contributed by atoms with E-state index in [2.05, 4.69) is 19.9 Å². The molecule has 1 aliphatic rings. The van der Waals surface area contributed by atoms with Crippen LogP contribution in [0.3, 0.4) is 0 Å². The van der Waals surface area contributed by atoms with Gasteiger partial charge in [-0.3, -0.25) is 0 Å². The van der Waals surface area contributed by atoms with Crippen molar-refractivity contribution in [3.8, 4) is 11.1 Å². The minimum absolute atomic E-state index is 0.114. The number of carboxylic acid groups (broad SMARTS) is 1. The molecule has 1 aromatic carbocycles. The van der Waals surface area contributed by atoms with Gasteiger partial charge in [-0.05, 0) is 51.3 Å². The Hall–Kier alpha value is -3.62. The number of carbonyl (C=O) groups excluding carboxylic acids is 1. The van der Waals surface area contributed by atoms with Crippen LogP contribution in [0.1, 0.15) is 43.2 Å². The van der Waals surface area contributed by atoms with Crippen LogP contribution in [0.2, 0.25) is 0 Å². The van der Waals surface area contributed by atoms with E-state index in [1.54, 1.807) is 24.3 Å². The minimum Gasteiger partial charge on any atom is -0.478 e. The van der Waals surface area contributed by atoms with E-state index in [1.165, 1.54) is 6.33 Å². The largest absolute Gasteiger partial charge is 0.478 e. The number of nitrogens with two attached hydrogens (primary N) is 1. The summed E-state index contributed by atoms with van der Waals surface area (Å²) in [5, 5.41) is 12.9. The third-order valence-electron chi connectivity index (χ3n) is 5.25. The molecule has 9 nitrogen and oxygen atoms in total. The Labute approximate surface area is 179 Å². The lowest BCUT2D eigenvalue weighted by atomic mass is 9.96. The third-order valence-corrected chi connectivity index (χ3v) is 5.25. The zero-order valence-electron chi connectivity index (χ0n) is 17.7. The molecule has 0 saturated heterocycles. The molecule has 0 saturated carbocycles. The topological polar surface area (TPSA) is 132 Å². The number of aromatic carboxylic acids is 1. The van der Waals surface area contributed by atoms with Gasteiger partial charge in [-0.2, -0.15) is 0 Å². The Morgan fingerprint density at radius 1 is 1.23 bits per heavy atom. The van der Waals surface area contributed by atoms with E-state index in [-0.39, 0.29) is 11.6 Å². The van der Waals surface area contributed by atoms with Crippen molar-refractivity contribution in [2.75, 3.05) is 5.73 Å². The van der Waals surface area contributed by atoms with Crippen LogP contribution in [0.25, 0.3) is 22.2 Å². The first kappa shape index (κ1) is 20.6. The third kappa shape index (κ3) is 4.03. The number of alkyl carbamates (subject to hydrolysis) is 1. The van der Waals surface area contributed by atoms with Gasteiger partial charge in [-0.1, -0.05) is 12.1 Å². The van der Waals surface area contributed by atoms with Gasteiger partial charge >= 0.3 is 12.1 Å². The molecule has 0 radical (unpaired) electrons. The van der Waals surface area contributed by atoms with Crippen molar-refractivity contribution in [1.82, 2.24) is 19.9 Å². The van der Waals surface area contributed by atoms with Crippen molar-refractivity contribution in [2.45, 2.75) is 51.8 Å². The van der Waals surface area contributed by atoms with Crippen molar-refractivity contribution in [3.05, 3.63) is 41.9 Å². The number of nitrogens with zero attached hydrogens (tertiary/aromatic N) is 3. The predicted octanol–water partition coefficient (Wildman–Crippen LogP) is 3.22. The lowest BCUT2D eigenvalue weighted by Gasteiger charge is -2.28. The second-order valence-corrected chi connectivity index (χ2v) is 8.65. The van der Waals surface area contributed by atoms with E-state index in [1.807, 2.05) is 20.8 Å². The average Bonchev–Trinajstić information content (AvgIpc) is 3.02. The fraction of sp³-hybridized carbons (Fsp3) is 0.364. The van der Waals surface area contributed by atoms with Gasteiger partial charge in [0.15, 0.2) is 0 Å². The summed E-state index contributed by atoms with van der Waals surface area (Å²) in [6.07, 6.45) is 2.39. The van der Waals surface area contributed by atoms with Crippen LogP contribution in [0.5, 0.6) is 0 Å². The standard InChI is InChI=1S/C22H25N5O4/c1-22(2,3)31-21(30)26-14-8-9-15-16(12-4-6-13(7-5-12)20(28)29)17-18(23)24-11-25-19(17)27(15)10-14/h4-7,11,14H,8-10H2,1-3H3,(H,26,30)(H,28,29)(H2,23,24,25). The number of hydrogen-bond donors (Lipinski definition) is 3. The highest BCUT2D eigenvalue weighted by molar-refractivity contribution is 6.03. The SMILES string of the molecule is CC(C)(C)OC(=O)NC1CCc2c(-c3ccc(C(=O)O)cc3)c3c(N)ncnc3n2C1. The first-order chi connectivity index (χ1) is 14.6. The second kappa shape index (κ2) is 7.57. The number of nitrogen functional groups attached to an aromatic ring is 1. The molecule has 0 fully saturated rings. The predicted molar refractivity (Wildman–Crippen MR) is 116 cm³/mol. The average molecular weight is 423 g/mol. The van der Waals surface area contributed by atoms with Gasteiger partial charge in [-0.15, -0.1) is 0 Å². The maximum Gasteiger partial charge on any atom is 0.407 e. The van der Waals surface area contributed by atoms with E-state index < -0.39 is 17.7 Å². The summed E-state index contributed by atoms with van der Waals surface area (Å²) in [4.78, 5) is 32.1. The number of benzene rings is 1. The maximum atomic E-state index is 12.2. The smallest absolute Gasteiger partial charge is 0.407 e. The maximum absolute atomic E-state index is 12.2. The normalized spacial score (nSPS) is 16.0. The highest BCUT2D eigenvalue weighted by Crippen LogP contribution is 2.39. The van der Waals surface area contributed by atoms with Gasteiger partial charge in [-0.25, -0.2) is 19.6 Å². The van der Waals surface area contributed by atoms with E-state index >= 15 is 0 Å². The highest BCUT2D eigenvalue weighted by Gasteiger charge is 2.29. The number of carbonyl (C=O) groups is 2. The molecule has 0 aliphatic carbocycles. The lowest BCUT2D eigenvalue weighted by Crippen LogP contribution is -2.43. The second-order valence-electron chi connectivity index (χ2n) is 8.65. The van der Waals surface area contributed by atoms with E-state index in [0.29, 0.717) is 24.4 Å². The molecule has 4 rings (SSSR count). The van der Waals surface area contributed by atoms with Crippen LogP contribution >= 0.6 is 0 Å². The van der Waals surface area contributed by atoms with Gasteiger partial charge in [0.25, 0.3) is 0 Å². The lowest BCUT2D eigenvalue weighted by molar-refractivity contribution is 0.0493. The number of fused-ring (bicyclic) bond motifs is 3. The Morgan fingerprint density at radius 2 is 1.94 bits per heavy atom. The monoisotopic (exact) mass is 423 g/mol. The summed E-state index contributed by atoms with van der Waals surface area (Å²) < 4.78 is 7.44. The molecule has 1 aliphatic heterocycles. The van der Waals surface area contributed by atoms with Crippen molar-refractivity contribution >= 4 is 28.9 Å². The zero-order chi connectivity index (χ0) is 22.3. The summed E-state index contributed by atoms with van der Waals surface area (Å²) >= 11 is 0. The molecule has 2 aromatic heterocycles. The molecule has 4 N–H and O–H groups in total. The number of anilines is 1. The van der Waals surface area contributed by atoms with Gasteiger partial charge in [0, 0.05) is 17.8 Å². The molecule has 3 heterocycles. The number of nitrogens with one attached hydrogen (secondary N) is 1. The molecule has 31 heavy (non-hydrogen) atoms. The number of hydrogen-bond acceptors (Lipinski definition) is 6. The number of ether oxygens (including phenoxy) is 1. The quantitative estimate of drug-likeness (QED) is 0.589. The molecule has 3 aromatic rings. The first-order valence-electron chi connectivity index (χ1n) is 10.1. The summed E-state index contributed by atoms with van der Waals surface area (Å²) in [6, 6.07) is 6.58. The van der Waals surface area contributed by atoms with Gasteiger partial charge in [0.2, 0.25) is 0 Å². The zero-order valence-corrected chi connectivity index (χ0v) is 17.7. The van der Waals surface area contributed by atoms with Crippen LogP contribution in [0.4, 0.5) is 10.6 Å².